The van der Waals surface area contributed by atoms with Gasteiger partial charge in [0.15, 0.2) is 0 Å². The molecular formula is C16H22BrNO2. The van der Waals surface area contributed by atoms with Crippen molar-refractivity contribution in [3.8, 4) is 5.75 Å². The fraction of sp³-hybridized carbons (Fsp3) is 0.562. The van der Waals surface area contributed by atoms with Gasteiger partial charge in [-0.3, -0.25) is 4.79 Å². The number of methoxy groups -OCH3 is 1. The lowest BCUT2D eigenvalue weighted by atomic mass is 9.98. The molecule has 1 heterocycles. The van der Waals surface area contributed by atoms with Crippen molar-refractivity contribution in [2.45, 2.75) is 32.6 Å². The lowest BCUT2D eigenvalue weighted by Gasteiger charge is -2.21. The second-order valence-electron chi connectivity index (χ2n) is 5.34. The standard InChI is InChI=1S/C16H22BrNO2/c1-3-12-5-4-9-18(10-8-12)16(19)14-11-13(20-2)6-7-15(14)17/h6-7,11-12H,3-5,8-10H2,1-2H3. The monoisotopic (exact) mass is 339 g/mol. The van der Waals surface area contributed by atoms with Crippen molar-refractivity contribution >= 4 is 21.8 Å². The predicted molar refractivity (Wildman–Crippen MR) is 84.2 cm³/mol. The predicted octanol–water partition coefficient (Wildman–Crippen LogP) is 4.11. The summed E-state index contributed by atoms with van der Waals surface area (Å²) in [5, 5.41) is 0. The van der Waals surface area contributed by atoms with Gasteiger partial charge in [0.2, 0.25) is 0 Å². The van der Waals surface area contributed by atoms with Crippen molar-refractivity contribution in [1.29, 1.82) is 0 Å². The number of hydrogen-bond donors (Lipinski definition) is 0. The summed E-state index contributed by atoms with van der Waals surface area (Å²) in [7, 11) is 1.62. The Labute approximate surface area is 129 Å². The molecular weight excluding hydrogens is 318 g/mol. The van der Waals surface area contributed by atoms with E-state index in [-0.39, 0.29) is 5.91 Å². The van der Waals surface area contributed by atoms with Crippen LogP contribution in [0.5, 0.6) is 5.75 Å². The van der Waals surface area contributed by atoms with Crippen LogP contribution >= 0.6 is 15.9 Å². The number of nitrogens with zero attached hydrogens (tertiary/aromatic N) is 1. The maximum absolute atomic E-state index is 12.7. The average Bonchev–Trinajstić information content (AvgIpc) is 2.72. The molecule has 0 aliphatic carbocycles. The molecule has 3 nitrogen and oxygen atoms in total. The van der Waals surface area contributed by atoms with Crippen molar-refractivity contribution < 1.29 is 9.53 Å². The Balaban J connectivity index is 2.14. The molecule has 1 unspecified atom stereocenters. The number of rotatable bonds is 3. The highest BCUT2D eigenvalue weighted by Gasteiger charge is 2.22. The van der Waals surface area contributed by atoms with Crippen LogP contribution in [0.25, 0.3) is 0 Å². The van der Waals surface area contributed by atoms with Crippen LogP contribution in [0.4, 0.5) is 0 Å². The molecule has 2 rings (SSSR count). The molecule has 1 amide bonds. The van der Waals surface area contributed by atoms with Crippen molar-refractivity contribution in [1.82, 2.24) is 4.90 Å². The normalized spacial score (nSPS) is 19.6. The number of likely N-dealkylation sites (tertiary alicyclic amines) is 1. The summed E-state index contributed by atoms with van der Waals surface area (Å²) >= 11 is 3.47. The lowest BCUT2D eigenvalue weighted by Crippen LogP contribution is -2.32. The SMILES string of the molecule is CCC1CCCN(C(=O)c2cc(OC)ccc2Br)CC1. The Morgan fingerprint density at radius 1 is 1.40 bits per heavy atom. The minimum atomic E-state index is 0.104. The van der Waals surface area contributed by atoms with Crippen LogP contribution in [0.3, 0.4) is 0 Å². The number of ether oxygens (including phenoxy) is 1. The van der Waals surface area contributed by atoms with Gasteiger partial charge in [-0.15, -0.1) is 0 Å². The van der Waals surface area contributed by atoms with E-state index in [1.54, 1.807) is 7.11 Å². The molecule has 1 atom stereocenters. The van der Waals surface area contributed by atoms with Gasteiger partial charge < -0.3 is 9.64 Å². The van der Waals surface area contributed by atoms with E-state index < -0.39 is 0 Å². The van der Waals surface area contributed by atoms with Gasteiger partial charge in [-0.05, 0) is 59.3 Å². The molecule has 0 bridgehead atoms. The van der Waals surface area contributed by atoms with Crippen LogP contribution in [0.15, 0.2) is 22.7 Å². The molecule has 1 aromatic carbocycles. The van der Waals surface area contributed by atoms with E-state index >= 15 is 0 Å². The van der Waals surface area contributed by atoms with Gasteiger partial charge in [0, 0.05) is 17.6 Å². The first-order valence-corrected chi connectivity index (χ1v) is 8.07. The Morgan fingerprint density at radius 3 is 2.90 bits per heavy atom. The van der Waals surface area contributed by atoms with Gasteiger partial charge in [0.25, 0.3) is 5.91 Å². The zero-order chi connectivity index (χ0) is 14.5. The Morgan fingerprint density at radius 2 is 2.20 bits per heavy atom. The topological polar surface area (TPSA) is 29.5 Å². The fourth-order valence-electron chi connectivity index (χ4n) is 2.74. The number of hydrogen-bond acceptors (Lipinski definition) is 2. The molecule has 0 spiro atoms. The van der Waals surface area contributed by atoms with Gasteiger partial charge in [0.05, 0.1) is 12.7 Å². The van der Waals surface area contributed by atoms with Gasteiger partial charge in [-0.25, -0.2) is 0 Å². The van der Waals surface area contributed by atoms with Gasteiger partial charge in [-0.1, -0.05) is 13.3 Å². The molecule has 0 aromatic heterocycles. The first-order valence-electron chi connectivity index (χ1n) is 7.28. The minimum absolute atomic E-state index is 0.104. The van der Waals surface area contributed by atoms with E-state index in [0.29, 0.717) is 5.56 Å². The number of carbonyl (C=O) groups is 1. The molecule has 1 saturated heterocycles. The fourth-order valence-corrected chi connectivity index (χ4v) is 3.16. The molecule has 20 heavy (non-hydrogen) atoms. The molecule has 1 aliphatic heterocycles. The number of amides is 1. The summed E-state index contributed by atoms with van der Waals surface area (Å²) < 4.78 is 6.05. The summed E-state index contributed by atoms with van der Waals surface area (Å²) in [4.78, 5) is 14.7. The van der Waals surface area contributed by atoms with Crippen molar-refractivity contribution in [3.05, 3.63) is 28.2 Å². The summed E-state index contributed by atoms with van der Waals surface area (Å²) in [6.45, 7) is 3.96. The molecule has 110 valence electrons. The summed E-state index contributed by atoms with van der Waals surface area (Å²) in [5.74, 6) is 1.59. The summed E-state index contributed by atoms with van der Waals surface area (Å²) in [5.41, 5.74) is 0.694. The van der Waals surface area contributed by atoms with Gasteiger partial charge in [0.1, 0.15) is 5.75 Å². The van der Waals surface area contributed by atoms with Crippen molar-refractivity contribution in [2.24, 2.45) is 5.92 Å². The zero-order valence-electron chi connectivity index (χ0n) is 12.2. The van der Waals surface area contributed by atoms with E-state index in [4.69, 9.17) is 4.74 Å². The van der Waals surface area contributed by atoms with Crippen LogP contribution in [0.1, 0.15) is 43.0 Å². The average molecular weight is 340 g/mol. The quantitative estimate of drug-likeness (QED) is 0.829. The van der Waals surface area contributed by atoms with Crippen LogP contribution < -0.4 is 4.74 Å². The third kappa shape index (κ3) is 3.54. The number of halogens is 1. The van der Waals surface area contributed by atoms with E-state index in [0.717, 1.165) is 42.1 Å². The molecule has 4 heteroatoms. The molecule has 0 radical (unpaired) electrons. The zero-order valence-corrected chi connectivity index (χ0v) is 13.8. The summed E-state index contributed by atoms with van der Waals surface area (Å²) in [6, 6.07) is 5.55. The van der Waals surface area contributed by atoms with Gasteiger partial charge >= 0.3 is 0 Å². The van der Waals surface area contributed by atoms with Crippen LogP contribution in [0.2, 0.25) is 0 Å². The van der Waals surface area contributed by atoms with Crippen LogP contribution in [-0.4, -0.2) is 31.0 Å². The Bertz CT molecular complexity index is 476. The highest BCUT2D eigenvalue weighted by atomic mass is 79.9. The maximum Gasteiger partial charge on any atom is 0.255 e. The minimum Gasteiger partial charge on any atom is -0.497 e. The summed E-state index contributed by atoms with van der Waals surface area (Å²) in [6.07, 6.45) is 4.67. The largest absolute Gasteiger partial charge is 0.497 e. The van der Waals surface area contributed by atoms with E-state index in [2.05, 4.69) is 22.9 Å². The molecule has 0 N–H and O–H groups in total. The molecule has 1 aromatic rings. The molecule has 1 fully saturated rings. The Kier molecular flexibility index (Phi) is 5.46. The number of carbonyl (C=O) groups excluding carboxylic acids is 1. The van der Waals surface area contributed by atoms with Gasteiger partial charge in [-0.2, -0.15) is 0 Å². The number of benzene rings is 1. The lowest BCUT2D eigenvalue weighted by molar-refractivity contribution is 0.0758. The van der Waals surface area contributed by atoms with Crippen LogP contribution in [-0.2, 0) is 0 Å². The first kappa shape index (κ1) is 15.4. The first-order chi connectivity index (χ1) is 9.65. The third-order valence-corrected chi connectivity index (χ3v) is 4.81. The van der Waals surface area contributed by atoms with E-state index in [9.17, 15) is 4.79 Å². The van der Waals surface area contributed by atoms with Crippen molar-refractivity contribution in [3.63, 3.8) is 0 Å². The van der Waals surface area contributed by atoms with Crippen molar-refractivity contribution in [2.75, 3.05) is 20.2 Å². The highest BCUT2D eigenvalue weighted by molar-refractivity contribution is 9.10. The smallest absolute Gasteiger partial charge is 0.255 e. The van der Waals surface area contributed by atoms with E-state index in [1.165, 1.54) is 12.8 Å². The highest BCUT2D eigenvalue weighted by Crippen LogP contribution is 2.26. The molecule has 0 saturated carbocycles. The third-order valence-electron chi connectivity index (χ3n) is 4.12. The van der Waals surface area contributed by atoms with Crippen LogP contribution in [0, 0.1) is 5.92 Å². The molecule has 1 aliphatic rings. The second kappa shape index (κ2) is 7.11. The van der Waals surface area contributed by atoms with E-state index in [1.807, 2.05) is 23.1 Å². The second-order valence-corrected chi connectivity index (χ2v) is 6.20. The Hall–Kier alpha value is -1.03. The maximum atomic E-state index is 12.7.